The fraction of sp³-hybridized carbons (Fsp3) is 0.647. The first-order valence-corrected chi connectivity index (χ1v) is 8.23. The minimum Gasteiger partial charge on any atom is -0.490 e. The lowest BCUT2D eigenvalue weighted by atomic mass is 9.96. The first kappa shape index (κ1) is 18.1. The highest BCUT2D eigenvalue weighted by molar-refractivity contribution is 6.31. The molecule has 0 amide bonds. The van der Waals surface area contributed by atoms with Gasteiger partial charge in [-0.1, -0.05) is 32.4 Å². The van der Waals surface area contributed by atoms with E-state index in [2.05, 4.69) is 26.1 Å². The average Bonchev–Trinajstić information content (AvgIpc) is 2.41. The van der Waals surface area contributed by atoms with Gasteiger partial charge in [-0.05, 0) is 44.4 Å². The van der Waals surface area contributed by atoms with Gasteiger partial charge in [0.2, 0.25) is 0 Å². The number of hydrogen-bond donors (Lipinski definition) is 1. The molecule has 3 nitrogen and oxygen atoms in total. The van der Waals surface area contributed by atoms with Crippen LogP contribution in [0.3, 0.4) is 0 Å². The summed E-state index contributed by atoms with van der Waals surface area (Å²) < 4.78 is 11.3. The van der Waals surface area contributed by atoms with Crippen LogP contribution in [-0.4, -0.2) is 19.8 Å². The van der Waals surface area contributed by atoms with E-state index in [9.17, 15) is 0 Å². The van der Waals surface area contributed by atoms with Crippen LogP contribution in [0, 0.1) is 5.92 Å². The van der Waals surface area contributed by atoms with E-state index in [-0.39, 0.29) is 6.04 Å². The first-order valence-electron chi connectivity index (χ1n) is 7.85. The Morgan fingerprint density at radius 3 is 2.10 bits per heavy atom. The quantitative estimate of drug-likeness (QED) is 0.708. The van der Waals surface area contributed by atoms with E-state index >= 15 is 0 Å². The third kappa shape index (κ3) is 5.40. The van der Waals surface area contributed by atoms with Crippen molar-refractivity contribution in [1.82, 2.24) is 5.32 Å². The summed E-state index contributed by atoms with van der Waals surface area (Å²) in [5.74, 6) is 2.07. The Morgan fingerprint density at radius 2 is 1.62 bits per heavy atom. The van der Waals surface area contributed by atoms with Crippen LogP contribution in [0.5, 0.6) is 11.5 Å². The van der Waals surface area contributed by atoms with Crippen LogP contribution in [0.15, 0.2) is 12.1 Å². The van der Waals surface area contributed by atoms with Crippen molar-refractivity contribution in [3.63, 3.8) is 0 Å². The zero-order valence-corrected chi connectivity index (χ0v) is 14.6. The van der Waals surface area contributed by atoms with Gasteiger partial charge in [-0.15, -0.1) is 0 Å². The molecule has 0 saturated heterocycles. The van der Waals surface area contributed by atoms with Crippen LogP contribution in [0.1, 0.15) is 52.6 Å². The van der Waals surface area contributed by atoms with Gasteiger partial charge >= 0.3 is 0 Å². The van der Waals surface area contributed by atoms with E-state index in [1.165, 1.54) is 0 Å². The van der Waals surface area contributed by atoms with E-state index in [0.29, 0.717) is 24.9 Å². The van der Waals surface area contributed by atoms with E-state index in [1.807, 2.05) is 26.0 Å². The SMILES string of the molecule is CCNC(CC(C)C)c1cc(OCC)c(OCC)cc1Cl. The number of nitrogens with one attached hydrogen (secondary N) is 1. The lowest BCUT2D eigenvalue weighted by Crippen LogP contribution is -2.23. The molecular formula is C17H28ClNO2. The van der Waals surface area contributed by atoms with Crippen molar-refractivity contribution in [2.45, 2.75) is 47.1 Å². The molecule has 1 aromatic carbocycles. The number of ether oxygens (including phenoxy) is 2. The molecule has 1 atom stereocenters. The molecule has 0 radical (unpaired) electrons. The third-order valence-electron chi connectivity index (χ3n) is 3.20. The molecule has 0 spiro atoms. The number of halogens is 1. The zero-order chi connectivity index (χ0) is 15.8. The molecule has 0 fully saturated rings. The van der Waals surface area contributed by atoms with Crippen LogP contribution in [0.2, 0.25) is 5.02 Å². The molecule has 0 bridgehead atoms. The van der Waals surface area contributed by atoms with E-state index in [0.717, 1.165) is 29.3 Å². The highest BCUT2D eigenvalue weighted by Crippen LogP contribution is 2.37. The predicted molar refractivity (Wildman–Crippen MR) is 89.7 cm³/mol. The molecule has 0 heterocycles. The topological polar surface area (TPSA) is 30.5 Å². The monoisotopic (exact) mass is 313 g/mol. The summed E-state index contributed by atoms with van der Waals surface area (Å²) in [5, 5.41) is 4.24. The minimum absolute atomic E-state index is 0.234. The first-order chi connectivity index (χ1) is 10.0. The van der Waals surface area contributed by atoms with Gasteiger partial charge in [-0.3, -0.25) is 0 Å². The molecule has 1 N–H and O–H groups in total. The second-order valence-electron chi connectivity index (χ2n) is 5.43. The van der Waals surface area contributed by atoms with Gasteiger partial charge in [-0.2, -0.15) is 0 Å². The maximum absolute atomic E-state index is 6.48. The predicted octanol–water partition coefficient (Wildman–Crippen LogP) is 4.83. The van der Waals surface area contributed by atoms with Crippen molar-refractivity contribution < 1.29 is 9.47 Å². The highest BCUT2D eigenvalue weighted by atomic mass is 35.5. The van der Waals surface area contributed by atoms with Gasteiger partial charge < -0.3 is 14.8 Å². The maximum Gasteiger partial charge on any atom is 0.162 e. The lowest BCUT2D eigenvalue weighted by Gasteiger charge is -2.23. The Morgan fingerprint density at radius 1 is 1.05 bits per heavy atom. The van der Waals surface area contributed by atoms with Gasteiger partial charge in [0.1, 0.15) is 0 Å². The Hall–Kier alpha value is -0.930. The molecule has 1 rings (SSSR count). The molecule has 0 aliphatic carbocycles. The molecule has 4 heteroatoms. The lowest BCUT2D eigenvalue weighted by molar-refractivity contribution is 0.287. The largest absolute Gasteiger partial charge is 0.490 e. The van der Waals surface area contributed by atoms with Gasteiger partial charge in [0.25, 0.3) is 0 Å². The van der Waals surface area contributed by atoms with Gasteiger partial charge in [0, 0.05) is 17.1 Å². The van der Waals surface area contributed by atoms with Crippen molar-refractivity contribution >= 4 is 11.6 Å². The molecule has 120 valence electrons. The summed E-state index contributed by atoms with van der Waals surface area (Å²) in [6.07, 6.45) is 1.03. The molecular weight excluding hydrogens is 286 g/mol. The summed E-state index contributed by atoms with van der Waals surface area (Å²) in [6.45, 7) is 12.6. The standard InChI is InChI=1S/C17H28ClNO2/c1-6-19-15(9-12(4)5)13-10-16(20-7-2)17(21-8-3)11-14(13)18/h10-12,15,19H,6-9H2,1-5H3. The number of rotatable bonds is 9. The highest BCUT2D eigenvalue weighted by Gasteiger charge is 2.19. The third-order valence-corrected chi connectivity index (χ3v) is 3.52. The average molecular weight is 314 g/mol. The van der Waals surface area contributed by atoms with Crippen LogP contribution < -0.4 is 14.8 Å². The van der Waals surface area contributed by atoms with E-state index in [1.54, 1.807) is 0 Å². The van der Waals surface area contributed by atoms with Gasteiger partial charge in [0.05, 0.1) is 13.2 Å². The fourth-order valence-corrected chi connectivity index (χ4v) is 2.68. The Bertz CT molecular complexity index is 435. The second kappa shape index (κ2) is 9.16. The van der Waals surface area contributed by atoms with Crippen LogP contribution in [0.25, 0.3) is 0 Å². The summed E-state index contributed by atoms with van der Waals surface area (Å²) in [7, 11) is 0. The molecule has 1 unspecified atom stereocenters. The Kier molecular flexibility index (Phi) is 7.91. The Balaban J connectivity index is 3.16. The molecule has 21 heavy (non-hydrogen) atoms. The van der Waals surface area contributed by atoms with Crippen LogP contribution in [-0.2, 0) is 0 Å². The minimum atomic E-state index is 0.234. The summed E-state index contributed by atoms with van der Waals surface area (Å²) in [6, 6.07) is 4.13. The van der Waals surface area contributed by atoms with Crippen molar-refractivity contribution in [2.75, 3.05) is 19.8 Å². The number of hydrogen-bond acceptors (Lipinski definition) is 3. The maximum atomic E-state index is 6.48. The van der Waals surface area contributed by atoms with Crippen molar-refractivity contribution in [3.05, 3.63) is 22.7 Å². The summed E-state index contributed by atoms with van der Waals surface area (Å²) in [4.78, 5) is 0. The molecule has 0 saturated carbocycles. The summed E-state index contributed by atoms with van der Waals surface area (Å²) >= 11 is 6.48. The van der Waals surface area contributed by atoms with Crippen molar-refractivity contribution in [1.29, 1.82) is 0 Å². The van der Waals surface area contributed by atoms with Crippen LogP contribution in [0.4, 0.5) is 0 Å². The van der Waals surface area contributed by atoms with Crippen LogP contribution >= 0.6 is 11.6 Å². The molecule has 0 aromatic heterocycles. The van der Waals surface area contributed by atoms with Crippen molar-refractivity contribution in [2.24, 2.45) is 5.92 Å². The molecule has 0 aliphatic heterocycles. The molecule has 1 aromatic rings. The fourth-order valence-electron chi connectivity index (χ4n) is 2.39. The second-order valence-corrected chi connectivity index (χ2v) is 5.83. The number of benzene rings is 1. The van der Waals surface area contributed by atoms with Crippen molar-refractivity contribution in [3.8, 4) is 11.5 Å². The normalized spacial score (nSPS) is 12.5. The van der Waals surface area contributed by atoms with Gasteiger partial charge in [0.15, 0.2) is 11.5 Å². The summed E-state index contributed by atoms with van der Waals surface area (Å²) in [5.41, 5.74) is 1.08. The zero-order valence-electron chi connectivity index (χ0n) is 13.8. The smallest absolute Gasteiger partial charge is 0.162 e. The van der Waals surface area contributed by atoms with E-state index < -0.39 is 0 Å². The van der Waals surface area contributed by atoms with Gasteiger partial charge in [-0.25, -0.2) is 0 Å². The Labute approximate surface area is 134 Å². The molecule has 0 aliphatic rings. The van der Waals surface area contributed by atoms with E-state index in [4.69, 9.17) is 21.1 Å².